The maximum absolute atomic E-state index is 9.49. The Hall–Kier alpha value is -0.880. The molecule has 0 aliphatic heterocycles. The van der Waals surface area contributed by atoms with E-state index in [1.165, 1.54) is 12.8 Å². The average molecular weight is 293 g/mol. The minimum Gasteiger partial charge on any atom is -0.260 e. The Morgan fingerprint density at radius 2 is 2.41 bits per heavy atom. The molecular formula is C14H17BrN2. The normalized spacial score (nSPS) is 28.6. The summed E-state index contributed by atoms with van der Waals surface area (Å²) < 4.78 is 0.990. The van der Waals surface area contributed by atoms with Crippen molar-refractivity contribution < 1.29 is 0 Å². The fourth-order valence-electron chi connectivity index (χ4n) is 2.82. The van der Waals surface area contributed by atoms with Gasteiger partial charge in [-0.15, -0.1) is 0 Å². The molecule has 17 heavy (non-hydrogen) atoms. The summed E-state index contributed by atoms with van der Waals surface area (Å²) in [5.41, 5.74) is 0.849. The molecule has 1 aliphatic carbocycles. The van der Waals surface area contributed by atoms with E-state index >= 15 is 0 Å². The van der Waals surface area contributed by atoms with Gasteiger partial charge in [-0.3, -0.25) is 4.98 Å². The highest BCUT2D eigenvalue weighted by Crippen LogP contribution is 2.41. The molecule has 1 aromatic heterocycles. The molecule has 1 aliphatic rings. The molecule has 2 rings (SSSR count). The molecule has 0 N–H and O–H groups in total. The highest BCUT2D eigenvalue weighted by Gasteiger charge is 2.35. The smallest absolute Gasteiger partial charge is 0.0693 e. The van der Waals surface area contributed by atoms with Crippen molar-refractivity contribution in [1.29, 1.82) is 5.26 Å². The van der Waals surface area contributed by atoms with Crippen LogP contribution in [0, 0.1) is 22.7 Å². The quantitative estimate of drug-likeness (QED) is 0.823. The van der Waals surface area contributed by atoms with Crippen molar-refractivity contribution in [2.75, 3.05) is 0 Å². The molecule has 1 fully saturated rings. The molecule has 2 atom stereocenters. The summed E-state index contributed by atoms with van der Waals surface area (Å²) in [5, 5.41) is 9.49. The molecule has 2 nitrogen and oxygen atoms in total. The predicted molar refractivity (Wildman–Crippen MR) is 71.3 cm³/mol. The third-order valence-corrected chi connectivity index (χ3v) is 4.11. The summed E-state index contributed by atoms with van der Waals surface area (Å²) in [4.78, 5) is 4.39. The van der Waals surface area contributed by atoms with Gasteiger partial charge < -0.3 is 0 Å². The lowest BCUT2D eigenvalue weighted by Crippen LogP contribution is -2.28. The fourth-order valence-corrected chi connectivity index (χ4v) is 3.05. The van der Waals surface area contributed by atoms with Gasteiger partial charge in [-0.25, -0.2) is 0 Å². The molecule has 0 aromatic carbocycles. The van der Waals surface area contributed by atoms with Gasteiger partial charge >= 0.3 is 0 Å². The zero-order chi connectivity index (χ0) is 12.3. The van der Waals surface area contributed by atoms with E-state index in [0.717, 1.165) is 29.4 Å². The van der Waals surface area contributed by atoms with Gasteiger partial charge in [-0.2, -0.15) is 5.26 Å². The molecule has 1 saturated carbocycles. The van der Waals surface area contributed by atoms with Crippen molar-refractivity contribution in [3.05, 3.63) is 28.5 Å². The molecule has 3 heteroatoms. The molecule has 1 aromatic rings. The van der Waals surface area contributed by atoms with E-state index in [1.54, 1.807) is 0 Å². The summed E-state index contributed by atoms with van der Waals surface area (Å²) >= 11 is 3.38. The Morgan fingerprint density at radius 3 is 3.00 bits per heavy atom. The molecule has 0 amide bonds. The number of halogens is 1. The van der Waals surface area contributed by atoms with Gasteiger partial charge in [0.25, 0.3) is 0 Å². The van der Waals surface area contributed by atoms with E-state index in [2.05, 4.69) is 33.9 Å². The first-order chi connectivity index (χ1) is 8.13. The molecule has 0 spiro atoms. The lowest BCUT2D eigenvalue weighted by Gasteiger charge is -2.34. The van der Waals surface area contributed by atoms with Gasteiger partial charge in [0.2, 0.25) is 0 Å². The number of hydrogen-bond donors (Lipinski definition) is 0. The van der Waals surface area contributed by atoms with E-state index < -0.39 is 0 Å². The topological polar surface area (TPSA) is 36.7 Å². The van der Waals surface area contributed by atoms with Crippen LogP contribution in [0.25, 0.3) is 0 Å². The van der Waals surface area contributed by atoms with Crippen LogP contribution in [-0.4, -0.2) is 4.98 Å². The lowest BCUT2D eigenvalue weighted by molar-refractivity contribution is 0.208. The molecular weight excluding hydrogens is 276 g/mol. The van der Waals surface area contributed by atoms with E-state index in [-0.39, 0.29) is 5.41 Å². The summed E-state index contributed by atoms with van der Waals surface area (Å²) in [6, 6.07) is 6.58. The Bertz CT molecular complexity index is 421. The molecule has 1 heterocycles. The second-order valence-corrected chi connectivity index (χ2v) is 6.15. The van der Waals surface area contributed by atoms with Gasteiger partial charge in [0, 0.05) is 22.8 Å². The van der Waals surface area contributed by atoms with Gasteiger partial charge in [-0.1, -0.05) is 19.8 Å². The second kappa shape index (κ2) is 5.18. The number of rotatable bonds is 2. The van der Waals surface area contributed by atoms with Crippen LogP contribution < -0.4 is 0 Å². The van der Waals surface area contributed by atoms with E-state index in [0.29, 0.717) is 5.92 Å². The Balaban J connectivity index is 2.14. The zero-order valence-electron chi connectivity index (χ0n) is 10.1. The largest absolute Gasteiger partial charge is 0.260 e. The van der Waals surface area contributed by atoms with Crippen LogP contribution >= 0.6 is 15.9 Å². The minimum atomic E-state index is -0.182. The summed E-state index contributed by atoms with van der Waals surface area (Å²) in [5.74, 6) is 0.666. The summed E-state index contributed by atoms with van der Waals surface area (Å²) in [7, 11) is 0. The standard InChI is InChI=1S/C14H17BrN2/c1-11-3-2-6-14(7-11,10-16)8-13-5-4-12(15)9-17-13/h4-5,9,11H,2-3,6-8H2,1H3. The monoisotopic (exact) mass is 292 g/mol. The first kappa shape index (κ1) is 12.6. The van der Waals surface area contributed by atoms with Crippen LogP contribution in [0.15, 0.2) is 22.8 Å². The number of pyridine rings is 1. The molecule has 0 radical (unpaired) electrons. The van der Waals surface area contributed by atoms with E-state index in [1.807, 2.05) is 18.3 Å². The maximum atomic E-state index is 9.49. The lowest BCUT2D eigenvalue weighted by atomic mass is 9.68. The fraction of sp³-hybridized carbons (Fsp3) is 0.571. The van der Waals surface area contributed by atoms with Crippen molar-refractivity contribution in [1.82, 2.24) is 4.98 Å². The molecule has 2 unspecified atom stereocenters. The zero-order valence-corrected chi connectivity index (χ0v) is 11.7. The summed E-state index contributed by atoms with van der Waals surface area (Å²) in [6.45, 7) is 2.25. The summed E-state index contributed by atoms with van der Waals surface area (Å²) in [6.07, 6.45) is 7.07. The number of hydrogen-bond acceptors (Lipinski definition) is 2. The second-order valence-electron chi connectivity index (χ2n) is 5.24. The minimum absolute atomic E-state index is 0.182. The Kier molecular flexibility index (Phi) is 3.83. The average Bonchev–Trinajstić information content (AvgIpc) is 2.32. The predicted octanol–water partition coefficient (Wildman–Crippen LogP) is 4.11. The van der Waals surface area contributed by atoms with Crippen LogP contribution in [0.4, 0.5) is 0 Å². The van der Waals surface area contributed by atoms with Crippen LogP contribution in [0.2, 0.25) is 0 Å². The molecule has 0 saturated heterocycles. The number of nitriles is 1. The number of nitrogens with zero attached hydrogens (tertiary/aromatic N) is 2. The van der Waals surface area contributed by atoms with Crippen molar-refractivity contribution in [3.8, 4) is 6.07 Å². The third kappa shape index (κ3) is 3.07. The first-order valence-corrected chi connectivity index (χ1v) is 6.94. The van der Waals surface area contributed by atoms with Gasteiger partial charge in [0.1, 0.15) is 0 Å². The molecule has 90 valence electrons. The van der Waals surface area contributed by atoms with Crippen LogP contribution in [-0.2, 0) is 6.42 Å². The van der Waals surface area contributed by atoms with Crippen LogP contribution in [0.5, 0.6) is 0 Å². The van der Waals surface area contributed by atoms with Crippen molar-refractivity contribution in [3.63, 3.8) is 0 Å². The third-order valence-electron chi connectivity index (χ3n) is 3.64. The SMILES string of the molecule is CC1CCCC(C#N)(Cc2ccc(Br)cn2)C1. The highest BCUT2D eigenvalue weighted by atomic mass is 79.9. The highest BCUT2D eigenvalue weighted by molar-refractivity contribution is 9.10. The van der Waals surface area contributed by atoms with Crippen LogP contribution in [0.1, 0.15) is 38.3 Å². The van der Waals surface area contributed by atoms with Gasteiger partial charge in [0.15, 0.2) is 0 Å². The van der Waals surface area contributed by atoms with Crippen molar-refractivity contribution in [2.45, 2.75) is 39.0 Å². The number of aromatic nitrogens is 1. The van der Waals surface area contributed by atoms with Gasteiger partial charge in [0.05, 0.1) is 11.5 Å². The van der Waals surface area contributed by atoms with E-state index in [9.17, 15) is 5.26 Å². The first-order valence-electron chi connectivity index (χ1n) is 6.15. The Morgan fingerprint density at radius 1 is 1.59 bits per heavy atom. The van der Waals surface area contributed by atoms with E-state index in [4.69, 9.17) is 0 Å². The van der Waals surface area contributed by atoms with Crippen molar-refractivity contribution >= 4 is 15.9 Å². The Labute approximate surface area is 111 Å². The van der Waals surface area contributed by atoms with Crippen molar-refractivity contribution in [2.24, 2.45) is 11.3 Å². The maximum Gasteiger partial charge on any atom is 0.0693 e. The van der Waals surface area contributed by atoms with Crippen LogP contribution in [0.3, 0.4) is 0 Å². The van der Waals surface area contributed by atoms with Gasteiger partial charge in [-0.05, 0) is 46.8 Å². The molecule has 0 bridgehead atoms.